The van der Waals surface area contributed by atoms with Crippen molar-refractivity contribution in [2.45, 2.75) is 71.4 Å². The number of hydrogen-bond donors (Lipinski definition) is 1. The van der Waals surface area contributed by atoms with Crippen LogP contribution in [0.25, 0.3) is 0 Å². The van der Waals surface area contributed by atoms with Gasteiger partial charge in [-0.05, 0) is 70.4 Å². The average molecular weight is 266 g/mol. The minimum atomic E-state index is 0.765. The van der Waals surface area contributed by atoms with Gasteiger partial charge in [-0.2, -0.15) is 0 Å². The summed E-state index contributed by atoms with van der Waals surface area (Å²) < 4.78 is 0. The normalized spacial score (nSPS) is 33.6. The van der Waals surface area contributed by atoms with Crippen molar-refractivity contribution in [3.8, 4) is 0 Å². The molecule has 1 N–H and O–H groups in total. The molecular formula is C17H34N2. The molecule has 112 valence electrons. The third-order valence-corrected chi connectivity index (χ3v) is 5.66. The molecule has 4 atom stereocenters. The first-order valence-corrected chi connectivity index (χ1v) is 8.59. The van der Waals surface area contributed by atoms with Gasteiger partial charge in [0.2, 0.25) is 0 Å². The van der Waals surface area contributed by atoms with E-state index in [-0.39, 0.29) is 0 Å². The van der Waals surface area contributed by atoms with Gasteiger partial charge in [0, 0.05) is 18.6 Å². The van der Waals surface area contributed by atoms with E-state index in [1.165, 1.54) is 45.1 Å². The summed E-state index contributed by atoms with van der Waals surface area (Å²) in [4.78, 5) is 2.64. The van der Waals surface area contributed by atoms with Crippen molar-refractivity contribution < 1.29 is 0 Å². The van der Waals surface area contributed by atoms with Crippen LogP contribution in [0.2, 0.25) is 0 Å². The quantitative estimate of drug-likeness (QED) is 0.758. The Bertz CT molecular complexity index is 262. The maximum Gasteiger partial charge on any atom is 0.0108 e. The smallest absolute Gasteiger partial charge is 0.0108 e. The molecule has 0 aromatic heterocycles. The minimum absolute atomic E-state index is 0.765. The van der Waals surface area contributed by atoms with Gasteiger partial charge in [-0.1, -0.05) is 20.3 Å². The second-order valence-corrected chi connectivity index (χ2v) is 7.03. The maximum atomic E-state index is 3.74. The van der Waals surface area contributed by atoms with Gasteiger partial charge in [-0.15, -0.1) is 0 Å². The van der Waals surface area contributed by atoms with Crippen LogP contribution in [0.4, 0.5) is 0 Å². The summed E-state index contributed by atoms with van der Waals surface area (Å²) in [5, 5.41) is 3.74. The number of nitrogens with one attached hydrogen (secondary N) is 1. The summed E-state index contributed by atoms with van der Waals surface area (Å²) in [5.41, 5.74) is 0. The molecule has 2 aliphatic rings. The van der Waals surface area contributed by atoms with E-state index in [0.717, 1.165) is 36.4 Å². The Kier molecular flexibility index (Phi) is 5.70. The molecule has 0 amide bonds. The average Bonchev–Trinajstić information content (AvgIpc) is 3.24. The van der Waals surface area contributed by atoms with Crippen molar-refractivity contribution >= 4 is 0 Å². The van der Waals surface area contributed by atoms with Crippen LogP contribution in [0.1, 0.15) is 59.3 Å². The Labute approximate surface area is 120 Å². The Morgan fingerprint density at radius 1 is 1.16 bits per heavy atom. The van der Waals surface area contributed by atoms with E-state index in [1.807, 2.05) is 0 Å². The summed E-state index contributed by atoms with van der Waals surface area (Å²) in [5.74, 6) is 2.84. The summed E-state index contributed by atoms with van der Waals surface area (Å²) in [6.07, 6.45) is 8.57. The molecule has 2 heteroatoms. The molecule has 0 radical (unpaired) electrons. The van der Waals surface area contributed by atoms with Gasteiger partial charge >= 0.3 is 0 Å². The highest BCUT2D eigenvalue weighted by Gasteiger charge is 2.34. The standard InChI is InChI=1S/C17H34N2/c1-5-14-7-10-17(18-6-2)16(11-14)12-19(4)13(3)15-8-9-15/h13-18H,5-12H2,1-4H3. The summed E-state index contributed by atoms with van der Waals surface area (Å²) in [7, 11) is 2.35. The first kappa shape index (κ1) is 15.3. The molecule has 0 aromatic carbocycles. The molecule has 4 unspecified atom stereocenters. The molecule has 19 heavy (non-hydrogen) atoms. The van der Waals surface area contributed by atoms with E-state index in [4.69, 9.17) is 0 Å². The molecule has 0 spiro atoms. The van der Waals surface area contributed by atoms with Crippen LogP contribution in [0.3, 0.4) is 0 Å². The van der Waals surface area contributed by atoms with Gasteiger partial charge in [-0.25, -0.2) is 0 Å². The van der Waals surface area contributed by atoms with Crippen LogP contribution < -0.4 is 5.32 Å². The van der Waals surface area contributed by atoms with E-state index < -0.39 is 0 Å². The van der Waals surface area contributed by atoms with Crippen LogP contribution in [0, 0.1) is 17.8 Å². The number of hydrogen-bond acceptors (Lipinski definition) is 2. The van der Waals surface area contributed by atoms with Gasteiger partial charge in [0.1, 0.15) is 0 Å². The molecule has 0 aromatic rings. The van der Waals surface area contributed by atoms with Gasteiger partial charge < -0.3 is 10.2 Å². The SMILES string of the molecule is CCNC1CCC(CC)CC1CN(C)C(C)C1CC1. The molecule has 2 aliphatic carbocycles. The van der Waals surface area contributed by atoms with Crippen molar-refractivity contribution in [2.75, 3.05) is 20.1 Å². The number of nitrogens with zero attached hydrogens (tertiary/aromatic N) is 1. The van der Waals surface area contributed by atoms with Crippen molar-refractivity contribution in [3.63, 3.8) is 0 Å². The fraction of sp³-hybridized carbons (Fsp3) is 1.00. The van der Waals surface area contributed by atoms with E-state index >= 15 is 0 Å². The van der Waals surface area contributed by atoms with E-state index in [9.17, 15) is 0 Å². The second-order valence-electron chi connectivity index (χ2n) is 7.03. The maximum absolute atomic E-state index is 3.74. The zero-order valence-corrected chi connectivity index (χ0v) is 13.5. The van der Waals surface area contributed by atoms with Gasteiger partial charge in [-0.3, -0.25) is 0 Å². The van der Waals surface area contributed by atoms with Crippen LogP contribution in [0.5, 0.6) is 0 Å². The van der Waals surface area contributed by atoms with Gasteiger partial charge in [0.05, 0.1) is 0 Å². The molecule has 2 saturated carbocycles. The third kappa shape index (κ3) is 4.19. The monoisotopic (exact) mass is 266 g/mol. The Hall–Kier alpha value is -0.0800. The fourth-order valence-electron chi connectivity index (χ4n) is 3.94. The number of rotatable bonds is 7. The van der Waals surface area contributed by atoms with Crippen molar-refractivity contribution in [3.05, 3.63) is 0 Å². The van der Waals surface area contributed by atoms with E-state index in [0.29, 0.717) is 0 Å². The summed E-state index contributed by atoms with van der Waals surface area (Å²) >= 11 is 0. The lowest BCUT2D eigenvalue weighted by Gasteiger charge is -2.39. The lowest BCUT2D eigenvalue weighted by molar-refractivity contribution is 0.126. The zero-order chi connectivity index (χ0) is 13.8. The Balaban J connectivity index is 1.88. The van der Waals surface area contributed by atoms with E-state index in [1.54, 1.807) is 0 Å². The van der Waals surface area contributed by atoms with Crippen LogP contribution in [-0.4, -0.2) is 37.1 Å². The molecule has 2 rings (SSSR count). The second kappa shape index (κ2) is 7.08. The van der Waals surface area contributed by atoms with Crippen LogP contribution in [-0.2, 0) is 0 Å². The van der Waals surface area contributed by atoms with Crippen molar-refractivity contribution in [1.82, 2.24) is 10.2 Å². The van der Waals surface area contributed by atoms with Crippen LogP contribution in [0.15, 0.2) is 0 Å². The van der Waals surface area contributed by atoms with Gasteiger partial charge in [0.25, 0.3) is 0 Å². The lowest BCUT2D eigenvalue weighted by atomic mass is 9.76. The third-order valence-electron chi connectivity index (χ3n) is 5.66. The predicted octanol–water partition coefficient (Wildman–Crippen LogP) is 3.52. The minimum Gasteiger partial charge on any atom is -0.314 e. The predicted molar refractivity (Wildman–Crippen MR) is 83.4 cm³/mol. The first-order chi connectivity index (χ1) is 9.15. The van der Waals surface area contributed by atoms with Crippen molar-refractivity contribution in [1.29, 1.82) is 0 Å². The highest BCUT2D eigenvalue weighted by molar-refractivity contribution is 4.89. The molecule has 0 saturated heterocycles. The van der Waals surface area contributed by atoms with E-state index in [2.05, 4.69) is 38.0 Å². The first-order valence-electron chi connectivity index (χ1n) is 8.59. The fourth-order valence-corrected chi connectivity index (χ4v) is 3.94. The molecule has 2 fully saturated rings. The molecule has 2 nitrogen and oxygen atoms in total. The van der Waals surface area contributed by atoms with Gasteiger partial charge in [0.15, 0.2) is 0 Å². The van der Waals surface area contributed by atoms with Crippen molar-refractivity contribution in [2.24, 2.45) is 17.8 Å². The molecule has 0 bridgehead atoms. The Morgan fingerprint density at radius 3 is 2.47 bits per heavy atom. The topological polar surface area (TPSA) is 15.3 Å². The highest BCUT2D eigenvalue weighted by Crippen LogP contribution is 2.36. The summed E-state index contributed by atoms with van der Waals surface area (Å²) in [6, 6.07) is 1.56. The molecule has 0 heterocycles. The highest BCUT2D eigenvalue weighted by atomic mass is 15.1. The molecule has 0 aliphatic heterocycles. The van der Waals surface area contributed by atoms with Crippen LogP contribution >= 0.6 is 0 Å². The summed E-state index contributed by atoms with van der Waals surface area (Å²) in [6.45, 7) is 9.47. The molecular weight excluding hydrogens is 232 g/mol. The zero-order valence-electron chi connectivity index (χ0n) is 13.5. The Morgan fingerprint density at radius 2 is 1.89 bits per heavy atom. The lowest BCUT2D eigenvalue weighted by Crippen LogP contribution is -2.47. The largest absolute Gasteiger partial charge is 0.314 e.